The molecule has 0 saturated heterocycles. The molecule has 1 aromatic carbocycles. The zero-order valence-electron chi connectivity index (χ0n) is 9.88. The molecule has 1 N–H and O–H groups in total. The molecular weight excluding hydrogens is 379 g/mol. The summed E-state index contributed by atoms with van der Waals surface area (Å²) in [4.78, 5) is 16.1. The fourth-order valence-corrected chi connectivity index (χ4v) is 2.20. The van der Waals surface area contributed by atoms with Crippen LogP contribution in [0.2, 0.25) is 0 Å². The van der Waals surface area contributed by atoms with E-state index in [2.05, 4.69) is 42.2 Å². The number of hydrogen-bond donors (Lipinski definition) is 1. The number of rotatable bonds is 2. The van der Waals surface area contributed by atoms with E-state index in [-0.39, 0.29) is 11.5 Å². The Hall–Kier alpha value is -1.27. The molecule has 0 aliphatic carbocycles. The van der Waals surface area contributed by atoms with Crippen molar-refractivity contribution in [1.29, 1.82) is 0 Å². The van der Waals surface area contributed by atoms with Crippen LogP contribution in [0, 0.1) is 12.7 Å². The second kappa shape index (κ2) is 5.79. The molecule has 0 unspecified atom stereocenters. The van der Waals surface area contributed by atoms with E-state index in [1.165, 1.54) is 18.3 Å². The number of benzene rings is 1. The van der Waals surface area contributed by atoms with E-state index in [4.69, 9.17) is 0 Å². The van der Waals surface area contributed by atoms with Gasteiger partial charge in [-0.15, -0.1) is 0 Å². The van der Waals surface area contributed by atoms with Crippen molar-refractivity contribution >= 4 is 43.5 Å². The molecule has 1 heterocycles. The van der Waals surface area contributed by atoms with E-state index in [0.717, 1.165) is 10.2 Å². The summed E-state index contributed by atoms with van der Waals surface area (Å²) in [7, 11) is 0. The van der Waals surface area contributed by atoms with Gasteiger partial charge in [0.15, 0.2) is 0 Å². The molecule has 0 aliphatic heterocycles. The van der Waals surface area contributed by atoms with Crippen LogP contribution in [0.1, 0.15) is 15.9 Å². The Kier molecular flexibility index (Phi) is 4.31. The van der Waals surface area contributed by atoms with Crippen LogP contribution >= 0.6 is 31.9 Å². The van der Waals surface area contributed by atoms with Gasteiger partial charge in [0.2, 0.25) is 0 Å². The Morgan fingerprint density at radius 2 is 2.00 bits per heavy atom. The van der Waals surface area contributed by atoms with Gasteiger partial charge in [0.05, 0.1) is 11.9 Å². The van der Waals surface area contributed by atoms with Crippen LogP contribution in [0.4, 0.5) is 10.1 Å². The van der Waals surface area contributed by atoms with Crippen LogP contribution in [0.5, 0.6) is 0 Å². The fourth-order valence-electron chi connectivity index (χ4n) is 1.51. The summed E-state index contributed by atoms with van der Waals surface area (Å²) < 4.78 is 14.5. The van der Waals surface area contributed by atoms with E-state index in [1.807, 2.05) is 6.92 Å². The normalized spacial score (nSPS) is 10.3. The Morgan fingerprint density at radius 1 is 1.26 bits per heavy atom. The summed E-state index contributed by atoms with van der Waals surface area (Å²) in [5, 5.41) is 2.67. The lowest BCUT2D eigenvalue weighted by Crippen LogP contribution is -2.12. The van der Waals surface area contributed by atoms with Gasteiger partial charge in [-0.25, -0.2) is 9.37 Å². The Labute approximate surface area is 126 Å². The first kappa shape index (κ1) is 14.1. The molecule has 0 atom stereocenters. The lowest BCUT2D eigenvalue weighted by molar-refractivity contribution is 0.102. The molecule has 2 rings (SSSR count). The lowest BCUT2D eigenvalue weighted by Gasteiger charge is -2.07. The van der Waals surface area contributed by atoms with Crippen LogP contribution in [-0.4, -0.2) is 10.9 Å². The van der Waals surface area contributed by atoms with Crippen LogP contribution in [0.15, 0.2) is 39.5 Å². The summed E-state index contributed by atoms with van der Waals surface area (Å²) in [5.74, 6) is -0.853. The summed E-state index contributed by atoms with van der Waals surface area (Å²) in [6.45, 7) is 1.87. The van der Waals surface area contributed by atoms with Crippen LogP contribution in [0.25, 0.3) is 0 Å². The second-order valence-corrected chi connectivity index (χ2v) is 5.61. The minimum atomic E-state index is -0.468. The van der Waals surface area contributed by atoms with Crippen LogP contribution in [0.3, 0.4) is 0 Å². The molecule has 1 amide bonds. The summed E-state index contributed by atoms with van der Waals surface area (Å²) in [6.07, 6.45) is 1.53. The first-order valence-electron chi connectivity index (χ1n) is 5.35. The summed E-state index contributed by atoms with van der Waals surface area (Å²) in [5.41, 5.74) is 1.71. The number of anilines is 1. The predicted molar refractivity (Wildman–Crippen MR) is 78.7 cm³/mol. The Morgan fingerprint density at radius 3 is 2.63 bits per heavy atom. The first-order chi connectivity index (χ1) is 8.95. The number of hydrogen-bond acceptors (Lipinski definition) is 2. The highest BCUT2D eigenvalue weighted by Crippen LogP contribution is 2.19. The van der Waals surface area contributed by atoms with Crippen molar-refractivity contribution in [1.82, 2.24) is 4.98 Å². The maximum Gasteiger partial charge on any atom is 0.255 e. The molecule has 6 heteroatoms. The maximum absolute atomic E-state index is 13.2. The van der Waals surface area contributed by atoms with Crippen molar-refractivity contribution in [2.45, 2.75) is 6.92 Å². The van der Waals surface area contributed by atoms with Gasteiger partial charge in [0.25, 0.3) is 5.91 Å². The van der Waals surface area contributed by atoms with Gasteiger partial charge in [-0.2, -0.15) is 0 Å². The number of pyridine rings is 1. The molecule has 1 aromatic heterocycles. The van der Waals surface area contributed by atoms with Crippen molar-refractivity contribution in [2.75, 3.05) is 5.32 Å². The third kappa shape index (κ3) is 3.61. The highest BCUT2D eigenvalue weighted by molar-refractivity contribution is 9.10. The smallest absolute Gasteiger partial charge is 0.255 e. The van der Waals surface area contributed by atoms with Crippen molar-refractivity contribution in [2.24, 2.45) is 0 Å². The third-order valence-corrected chi connectivity index (χ3v) is 3.69. The van der Waals surface area contributed by atoms with E-state index in [1.54, 1.807) is 12.1 Å². The molecule has 3 nitrogen and oxygen atoms in total. The Balaban J connectivity index is 2.22. The number of carbonyl (C=O) groups excluding carboxylic acids is 1. The molecule has 98 valence electrons. The molecular formula is C13H9Br2FN2O. The molecule has 0 aliphatic rings. The molecule has 0 bridgehead atoms. The van der Waals surface area contributed by atoms with E-state index < -0.39 is 5.82 Å². The average Bonchev–Trinajstić information content (AvgIpc) is 2.32. The van der Waals surface area contributed by atoms with Gasteiger partial charge in [-0.1, -0.05) is 15.9 Å². The number of nitrogens with zero attached hydrogens (tertiary/aromatic N) is 1. The average molecular weight is 388 g/mol. The summed E-state index contributed by atoms with van der Waals surface area (Å²) >= 11 is 6.43. The van der Waals surface area contributed by atoms with Crippen molar-refractivity contribution in [3.8, 4) is 0 Å². The van der Waals surface area contributed by atoms with E-state index in [9.17, 15) is 9.18 Å². The van der Waals surface area contributed by atoms with Gasteiger partial charge in [0, 0.05) is 10.0 Å². The topological polar surface area (TPSA) is 42.0 Å². The number of halogens is 3. The SMILES string of the molecule is Cc1cc(NC(=O)c2cc(F)cc(Br)c2)cnc1Br. The zero-order chi connectivity index (χ0) is 14.0. The monoisotopic (exact) mass is 386 g/mol. The Bertz CT molecular complexity index is 626. The molecule has 0 saturated carbocycles. The first-order valence-corrected chi connectivity index (χ1v) is 6.94. The van der Waals surface area contributed by atoms with Crippen LogP contribution < -0.4 is 5.32 Å². The van der Waals surface area contributed by atoms with Gasteiger partial charge in [-0.05, 0) is 52.7 Å². The second-order valence-electron chi connectivity index (χ2n) is 3.94. The van der Waals surface area contributed by atoms with E-state index >= 15 is 0 Å². The molecule has 2 aromatic rings. The fraction of sp³-hybridized carbons (Fsp3) is 0.0769. The standard InChI is InChI=1S/C13H9Br2FN2O/c1-7-2-11(6-17-12(7)15)18-13(19)8-3-9(14)5-10(16)4-8/h2-6H,1H3,(H,18,19). The van der Waals surface area contributed by atoms with Crippen LogP contribution in [-0.2, 0) is 0 Å². The third-order valence-electron chi connectivity index (χ3n) is 2.40. The number of aromatic nitrogens is 1. The number of nitrogens with one attached hydrogen (secondary N) is 1. The van der Waals surface area contributed by atoms with Crippen molar-refractivity contribution in [3.63, 3.8) is 0 Å². The van der Waals surface area contributed by atoms with Gasteiger partial charge >= 0.3 is 0 Å². The summed E-state index contributed by atoms with van der Waals surface area (Å²) in [6, 6.07) is 5.81. The van der Waals surface area contributed by atoms with E-state index in [0.29, 0.717) is 10.2 Å². The minimum absolute atomic E-state index is 0.243. The molecule has 0 spiro atoms. The zero-order valence-corrected chi connectivity index (χ0v) is 13.0. The predicted octanol–water partition coefficient (Wildman–Crippen LogP) is 4.31. The number of carbonyl (C=O) groups is 1. The lowest BCUT2D eigenvalue weighted by atomic mass is 10.2. The molecule has 0 fully saturated rings. The molecule has 0 radical (unpaired) electrons. The van der Waals surface area contributed by atoms with Gasteiger partial charge in [0.1, 0.15) is 10.4 Å². The highest BCUT2D eigenvalue weighted by atomic mass is 79.9. The largest absolute Gasteiger partial charge is 0.321 e. The van der Waals surface area contributed by atoms with Crippen molar-refractivity contribution in [3.05, 3.63) is 56.5 Å². The van der Waals surface area contributed by atoms with Gasteiger partial charge < -0.3 is 5.32 Å². The minimum Gasteiger partial charge on any atom is -0.321 e. The van der Waals surface area contributed by atoms with Crippen molar-refractivity contribution < 1.29 is 9.18 Å². The highest BCUT2D eigenvalue weighted by Gasteiger charge is 2.09. The number of aryl methyl sites for hydroxylation is 1. The quantitative estimate of drug-likeness (QED) is 0.780. The maximum atomic E-state index is 13.2. The molecule has 19 heavy (non-hydrogen) atoms. The number of amides is 1. The van der Waals surface area contributed by atoms with Gasteiger partial charge in [-0.3, -0.25) is 4.79 Å².